The smallest absolute Gasteiger partial charge is 0.320 e. The van der Waals surface area contributed by atoms with E-state index in [2.05, 4.69) is 10.4 Å². The van der Waals surface area contributed by atoms with Gasteiger partial charge >= 0.3 is 5.97 Å². The van der Waals surface area contributed by atoms with Gasteiger partial charge in [0.15, 0.2) is 5.60 Å². The van der Waals surface area contributed by atoms with E-state index < -0.39 is 17.6 Å². The highest BCUT2D eigenvalue weighted by Gasteiger charge is 2.47. The first-order valence-electron chi connectivity index (χ1n) is 10.2. The van der Waals surface area contributed by atoms with Gasteiger partial charge in [-0.25, -0.2) is 4.31 Å². The fourth-order valence-electron chi connectivity index (χ4n) is 3.71. The molecule has 1 heterocycles. The molecule has 162 valence electrons. The minimum atomic E-state index is -1.01. The van der Waals surface area contributed by atoms with E-state index in [4.69, 9.17) is 15.6 Å². The van der Waals surface area contributed by atoms with Crippen molar-refractivity contribution >= 4 is 17.9 Å². The highest BCUT2D eigenvalue weighted by Crippen LogP contribution is 2.42. The monoisotopic (exact) mass is 445 g/mol. The third-order valence-corrected chi connectivity index (χ3v) is 6.36. The van der Waals surface area contributed by atoms with Crippen LogP contribution >= 0.6 is 11.9 Å². The minimum Gasteiger partial charge on any atom is -0.480 e. The Morgan fingerprint density at radius 1 is 1.12 bits per heavy atom. The Labute approximate surface area is 191 Å². The lowest BCUT2D eigenvalue weighted by Gasteiger charge is -2.49. The maximum absolute atomic E-state index is 11.1. The maximum atomic E-state index is 11.1. The van der Waals surface area contributed by atoms with Gasteiger partial charge in [-0.3, -0.25) is 4.79 Å². The van der Waals surface area contributed by atoms with E-state index in [0.717, 1.165) is 16.0 Å². The van der Waals surface area contributed by atoms with E-state index in [9.17, 15) is 10.1 Å². The molecule has 7 heteroatoms. The number of ether oxygens (including phenoxy) is 1. The van der Waals surface area contributed by atoms with Gasteiger partial charge < -0.3 is 15.6 Å². The SMILES string of the molecule is N#Cc1ccccc1OC1(c2ccccc2)CN(Sc2cccc(CC(N)C(=O)O)c2)C1. The van der Waals surface area contributed by atoms with E-state index >= 15 is 0 Å². The molecular weight excluding hydrogens is 422 g/mol. The van der Waals surface area contributed by atoms with Gasteiger partial charge in [0.2, 0.25) is 0 Å². The summed E-state index contributed by atoms with van der Waals surface area (Å²) in [6.07, 6.45) is 0.283. The Balaban J connectivity index is 1.50. The summed E-state index contributed by atoms with van der Waals surface area (Å²) in [7, 11) is 0. The molecule has 3 aromatic carbocycles. The van der Waals surface area contributed by atoms with Gasteiger partial charge in [0.05, 0.1) is 18.7 Å². The highest BCUT2D eigenvalue weighted by molar-refractivity contribution is 7.97. The van der Waals surface area contributed by atoms with Gasteiger partial charge in [0.1, 0.15) is 17.9 Å². The van der Waals surface area contributed by atoms with E-state index in [1.165, 1.54) is 0 Å². The number of carboxylic acids is 1. The lowest BCUT2D eigenvalue weighted by Crippen LogP contribution is -2.59. The molecule has 0 bridgehead atoms. The van der Waals surface area contributed by atoms with Crippen molar-refractivity contribution in [2.75, 3.05) is 13.1 Å². The molecule has 1 atom stereocenters. The van der Waals surface area contributed by atoms with Crippen LogP contribution in [0.5, 0.6) is 5.75 Å². The average Bonchev–Trinajstić information content (AvgIpc) is 2.78. The summed E-state index contributed by atoms with van der Waals surface area (Å²) in [6, 6.07) is 26.4. The Bertz CT molecular complexity index is 1140. The Morgan fingerprint density at radius 2 is 1.84 bits per heavy atom. The highest BCUT2D eigenvalue weighted by atomic mass is 32.2. The number of hydrogen-bond acceptors (Lipinski definition) is 6. The normalized spacial score (nSPS) is 15.9. The molecule has 0 amide bonds. The van der Waals surface area contributed by atoms with E-state index in [-0.39, 0.29) is 6.42 Å². The summed E-state index contributed by atoms with van der Waals surface area (Å²) in [5, 5.41) is 18.5. The molecule has 0 aliphatic carbocycles. The van der Waals surface area contributed by atoms with Crippen LogP contribution in [0.1, 0.15) is 16.7 Å². The number of rotatable bonds is 8. The number of hydrogen-bond donors (Lipinski definition) is 2. The first-order chi connectivity index (χ1) is 15.5. The van der Waals surface area contributed by atoms with Gasteiger partial charge in [-0.15, -0.1) is 0 Å². The number of nitriles is 1. The largest absolute Gasteiger partial charge is 0.480 e. The standard InChI is InChI=1S/C25H23N3O3S/c26-15-19-8-4-5-12-23(19)31-25(20-9-2-1-3-10-20)16-28(17-25)32-21-11-6-7-18(13-21)14-22(27)24(29)30/h1-13,22H,14,16-17,27H2,(H,29,30). The molecule has 1 unspecified atom stereocenters. The third kappa shape index (κ3) is 4.78. The zero-order chi connectivity index (χ0) is 22.6. The van der Waals surface area contributed by atoms with Gasteiger partial charge in [0, 0.05) is 4.90 Å². The molecule has 0 aromatic heterocycles. The summed E-state index contributed by atoms with van der Waals surface area (Å²) in [5.74, 6) is -0.429. The van der Waals surface area contributed by atoms with Crippen molar-refractivity contribution in [3.63, 3.8) is 0 Å². The fourth-order valence-corrected chi connectivity index (χ4v) is 4.90. The zero-order valence-electron chi connectivity index (χ0n) is 17.3. The predicted octanol–water partition coefficient (Wildman–Crippen LogP) is 3.81. The second kappa shape index (κ2) is 9.45. The number of nitrogens with two attached hydrogens (primary N) is 1. The lowest BCUT2D eigenvalue weighted by molar-refractivity contribution is -0.138. The number of carboxylic acid groups (broad SMARTS) is 1. The Kier molecular flexibility index (Phi) is 6.47. The molecule has 3 aromatic rings. The summed E-state index contributed by atoms with van der Waals surface area (Å²) >= 11 is 1.60. The second-order valence-corrected chi connectivity index (χ2v) is 8.93. The molecule has 0 radical (unpaired) electrons. The minimum absolute atomic E-state index is 0.283. The number of carbonyl (C=O) groups is 1. The van der Waals surface area contributed by atoms with E-state index in [1.807, 2.05) is 72.8 Å². The molecular formula is C25H23N3O3S. The van der Waals surface area contributed by atoms with Crippen LogP contribution in [0.2, 0.25) is 0 Å². The van der Waals surface area contributed by atoms with Crippen LogP contribution in [-0.2, 0) is 16.8 Å². The molecule has 32 heavy (non-hydrogen) atoms. The quantitative estimate of drug-likeness (QED) is 0.509. The van der Waals surface area contributed by atoms with Crippen LogP contribution in [0.3, 0.4) is 0 Å². The van der Waals surface area contributed by atoms with Crippen LogP contribution < -0.4 is 10.5 Å². The first-order valence-corrected chi connectivity index (χ1v) is 11.0. The lowest BCUT2D eigenvalue weighted by atomic mass is 9.87. The summed E-state index contributed by atoms with van der Waals surface area (Å²) in [6.45, 7) is 1.28. The number of aliphatic carboxylic acids is 1. The molecule has 0 spiro atoms. The van der Waals surface area contributed by atoms with Crippen molar-refractivity contribution in [1.29, 1.82) is 5.26 Å². The summed E-state index contributed by atoms with van der Waals surface area (Å²) < 4.78 is 8.65. The van der Waals surface area contributed by atoms with Crippen LogP contribution in [0.25, 0.3) is 0 Å². The molecule has 1 aliphatic rings. The number of nitrogens with zero attached hydrogens (tertiary/aromatic N) is 2. The molecule has 1 saturated heterocycles. The Hall–Kier alpha value is -3.31. The van der Waals surface area contributed by atoms with Crippen molar-refractivity contribution < 1.29 is 14.6 Å². The average molecular weight is 446 g/mol. The third-order valence-electron chi connectivity index (χ3n) is 5.38. The maximum Gasteiger partial charge on any atom is 0.320 e. The Morgan fingerprint density at radius 3 is 2.56 bits per heavy atom. The van der Waals surface area contributed by atoms with Crippen molar-refractivity contribution in [2.24, 2.45) is 5.73 Å². The van der Waals surface area contributed by atoms with Gasteiger partial charge in [-0.2, -0.15) is 5.26 Å². The second-order valence-electron chi connectivity index (χ2n) is 7.76. The van der Waals surface area contributed by atoms with Crippen molar-refractivity contribution in [3.05, 3.63) is 95.6 Å². The van der Waals surface area contributed by atoms with Crippen molar-refractivity contribution in [2.45, 2.75) is 23.0 Å². The van der Waals surface area contributed by atoms with Crippen molar-refractivity contribution in [3.8, 4) is 11.8 Å². The molecule has 1 fully saturated rings. The molecule has 1 aliphatic heterocycles. The van der Waals surface area contributed by atoms with Crippen LogP contribution in [0, 0.1) is 11.3 Å². The number of para-hydroxylation sites is 1. The van der Waals surface area contributed by atoms with Gasteiger partial charge in [0.25, 0.3) is 0 Å². The molecule has 0 saturated carbocycles. The van der Waals surface area contributed by atoms with E-state index in [1.54, 1.807) is 18.0 Å². The summed E-state index contributed by atoms with van der Waals surface area (Å²) in [4.78, 5) is 12.1. The number of benzene rings is 3. The van der Waals surface area contributed by atoms with E-state index in [0.29, 0.717) is 24.4 Å². The topological polar surface area (TPSA) is 99.6 Å². The van der Waals surface area contributed by atoms with Crippen molar-refractivity contribution in [1.82, 2.24) is 4.31 Å². The van der Waals surface area contributed by atoms with Gasteiger partial charge in [-0.05, 0) is 53.8 Å². The molecule has 4 rings (SSSR count). The first kappa shape index (κ1) is 21.9. The van der Waals surface area contributed by atoms with Crippen LogP contribution in [-0.4, -0.2) is 34.5 Å². The fraction of sp³-hybridized carbons (Fsp3) is 0.200. The molecule has 6 nitrogen and oxygen atoms in total. The van der Waals surface area contributed by atoms with Crippen LogP contribution in [0.4, 0.5) is 0 Å². The van der Waals surface area contributed by atoms with Crippen LogP contribution in [0.15, 0.2) is 83.8 Å². The zero-order valence-corrected chi connectivity index (χ0v) is 18.2. The molecule has 3 N–H and O–H groups in total. The predicted molar refractivity (Wildman–Crippen MR) is 123 cm³/mol. The summed E-state index contributed by atoms with van der Waals surface area (Å²) in [5.41, 5.74) is 7.59. The van der Waals surface area contributed by atoms with Gasteiger partial charge in [-0.1, -0.05) is 54.6 Å².